The first-order valence-electron chi connectivity index (χ1n) is 9.90. The van der Waals surface area contributed by atoms with E-state index in [4.69, 9.17) is 9.84 Å². The van der Waals surface area contributed by atoms with Gasteiger partial charge in [0.25, 0.3) is 0 Å². The Morgan fingerprint density at radius 2 is 2.00 bits per heavy atom. The first-order chi connectivity index (χ1) is 16.1. The normalized spacial score (nSPS) is 11.6. The molecule has 34 heavy (non-hydrogen) atoms. The second kappa shape index (κ2) is 9.26. The number of carboxylic acids is 1. The zero-order valence-electron chi connectivity index (χ0n) is 17.6. The van der Waals surface area contributed by atoms with Crippen LogP contribution in [0.2, 0.25) is 0 Å². The maximum atomic E-state index is 13.5. The molecule has 2 aromatic carbocycles. The molecule has 0 radical (unpaired) electrons. The summed E-state index contributed by atoms with van der Waals surface area (Å²) < 4.78 is 60.9. The highest BCUT2D eigenvalue weighted by Crippen LogP contribution is 2.37. The van der Waals surface area contributed by atoms with Crippen molar-refractivity contribution in [2.75, 3.05) is 0 Å². The summed E-state index contributed by atoms with van der Waals surface area (Å²) in [6.45, 7) is 1.83. The summed E-state index contributed by atoms with van der Waals surface area (Å²) >= 11 is 1.20. The van der Waals surface area contributed by atoms with Crippen LogP contribution >= 0.6 is 11.3 Å². The lowest BCUT2D eigenvalue weighted by molar-refractivity contribution is -0.137. The highest BCUT2D eigenvalue weighted by Gasteiger charge is 2.32. The Labute approximate surface area is 195 Å². The molecule has 4 rings (SSSR count). The van der Waals surface area contributed by atoms with Crippen molar-refractivity contribution >= 4 is 17.3 Å². The number of rotatable bonds is 7. The summed E-state index contributed by atoms with van der Waals surface area (Å²) in [4.78, 5) is 16.3. The Kier molecular flexibility index (Phi) is 6.38. The van der Waals surface area contributed by atoms with Crippen LogP contribution in [0.3, 0.4) is 0 Å². The third-order valence-electron chi connectivity index (χ3n) is 4.86. The van der Waals surface area contributed by atoms with Crippen molar-refractivity contribution in [3.63, 3.8) is 0 Å². The molecule has 0 saturated heterocycles. The number of carbonyl (C=O) groups is 1. The van der Waals surface area contributed by atoms with Crippen LogP contribution in [-0.4, -0.2) is 25.8 Å². The molecular formula is C23H17F4N3O3S. The van der Waals surface area contributed by atoms with Gasteiger partial charge in [0.15, 0.2) is 0 Å². The van der Waals surface area contributed by atoms with Crippen LogP contribution in [0.5, 0.6) is 5.75 Å². The molecule has 0 spiro atoms. The highest BCUT2D eigenvalue weighted by molar-refractivity contribution is 7.15. The van der Waals surface area contributed by atoms with Gasteiger partial charge in [-0.15, -0.1) is 11.3 Å². The first-order valence-corrected chi connectivity index (χ1v) is 10.7. The van der Waals surface area contributed by atoms with E-state index < -0.39 is 23.5 Å². The number of aromatic carboxylic acids is 1. The molecule has 6 nitrogen and oxygen atoms in total. The monoisotopic (exact) mass is 491 g/mol. The number of hydrogen-bond donors (Lipinski definition) is 1. The van der Waals surface area contributed by atoms with Crippen LogP contribution < -0.4 is 4.74 Å². The van der Waals surface area contributed by atoms with Crippen LogP contribution in [0.25, 0.3) is 10.6 Å². The van der Waals surface area contributed by atoms with Gasteiger partial charge in [-0.05, 0) is 42.8 Å². The predicted molar refractivity (Wildman–Crippen MR) is 116 cm³/mol. The molecule has 0 bridgehead atoms. The fourth-order valence-corrected chi connectivity index (χ4v) is 4.08. The zero-order valence-corrected chi connectivity index (χ0v) is 18.5. The van der Waals surface area contributed by atoms with Crippen molar-refractivity contribution in [1.82, 2.24) is 14.8 Å². The van der Waals surface area contributed by atoms with Crippen LogP contribution in [0.4, 0.5) is 17.6 Å². The summed E-state index contributed by atoms with van der Waals surface area (Å²) in [5, 5.41) is 13.4. The van der Waals surface area contributed by atoms with E-state index in [0.29, 0.717) is 16.3 Å². The van der Waals surface area contributed by atoms with Crippen LogP contribution in [-0.2, 0) is 19.3 Å². The molecule has 1 N–H and O–H groups in total. The van der Waals surface area contributed by atoms with Crippen LogP contribution in [0.15, 0.2) is 54.9 Å². The maximum absolute atomic E-state index is 13.5. The minimum absolute atomic E-state index is 0.0195. The summed E-state index contributed by atoms with van der Waals surface area (Å²) in [5.74, 6) is -1.61. The van der Waals surface area contributed by atoms with Gasteiger partial charge < -0.3 is 9.84 Å². The zero-order chi connectivity index (χ0) is 24.5. The van der Waals surface area contributed by atoms with Gasteiger partial charge in [0.05, 0.1) is 29.6 Å². The van der Waals surface area contributed by atoms with Crippen molar-refractivity contribution in [1.29, 1.82) is 0 Å². The largest absolute Gasteiger partial charge is 0.489 e. The minimum Gasteiger partial charge on any atom is -0.489 e. The van der Waals surface area contributed by atoms with Gasteiger partial charge in [0.1, 0.15) is 23.2 Å². The second-order valence-electron chi connectivity index (χ2n) is 7.42. The third kappa shape index (κ3) is 5.42. The lowest BCUT2D eigenvalue weighted by Crippen LogP contribution is -2.06. The van der Waals surface area contributed by atoms with E-state index in [9.17, 15) is 22.4 Å². The molecule has 0 aliphatic carbocycles. The summed E-state index contributed by atoms with van der Waals surface area (Å²) in [5.41, 5.74) is 0.374. The molecule has 0 amide bonds. The van der Waals surface area contributed by atoms with Crippen LogP contribution in [0.1, 0.15) is 32.1 Å². The molecule has 0 atom stereocenters. The molecule has 0 unspecified atom stereocenters. The molecule has 176 valence electrons. The Morgan fingerprint density at radius 1 is 1.21 bits per heavy atom. The van der Waals surface area contributed by atoms with E-state index in [1.165, 1.54) is 52.7 Å². The van der Waals surface area contributed by atoms with Gasteiger partial charge >= 0.3 is 12.1 Å². The van der Waals surface area contributed by atoms with E-state index in [0.717, 1.165) is 17.0 Å². The van der Waals surface area contributed by atoms with E-state index >= 15 is 0 Å². The Hall–Kier alpha value is -3.73. The molecule has 2 heterocycles. The molecule has 11 heteroatoms. The van der Waals surface area contributed by atoms with Crippen molar-refractivity contribution in [2.24, 2.45) is 0 Å². The lowest BCUT2D eigenvalue weighted by Gasteiger charge is -2.12. The van der Waals surface area contributed by atoms with Crippen molar-refractivity contribution in [2.45, 2.75) is 26.3 Å². The van der Waals surface area contributed by atoms with Crippen molar-refractivity contribution < 1.29 is 32.2 Å². The van der Waals surface area contributed by atoms with Crippen LogP contribution in [0, 0.1) is 12.7 Å². The Morgan fingerprint density at radius 3 is 2.68 bits per heavy atom. The minimum atomic E-state index is -4.61. The number of thiazole rings is 1. The number of ether oxygens (including phenoxy) is 1. The van der Waals surface area contributed by atoms with Gasteiger partial charge in [0, 0.05) is 16.6 Å². The number of carboxylic acid groups (broad SMARTS) is 1. The number of halogens is 4. The quantitative estimate of drug-likeness (QED) is 0.331. The predicted octanol–water partition coefficient (Wildman–Crippen LogP) is 5.80. The summed E-state index contributed by atoms with van der Waals surface area (Å²) in [7, 11) is 0. The Balaban J connectivity index is 1.62. The third-order valence-corrected chi connectivity index (χ3v) is 5.92. The fourth-order valence-electron chi connectivity index (χ4n) is 3.18. The van der Waals surface area contributed by atoms with Crippen molar-refractivity contribution in [3.05, 3.63) is 87.9 Å². The first kappa shape index (κ1) is 23.4. The van der Waals surface area contributed by atoms with E-state index in [1.807, 2.05) is 0 Å². The standard InChI is InChI=1S/C23H17F4N3O3S/c1-13-20(11-30-10-16(9-28-30)22(31)32)29-21(34-13)15-6-17(23(25,26)27)8-19(7-15)33-12-14-3-2-4-18(24)5-14/h2-10H,11-12H2,1H3,(H,31,32). The number of alkyl halides is 3. The number of hydrogen-bond acceptors (Lipinski definition) is 5. The fraction of sp³-hybridized carbons (Fsp3) is 0.174. The molecule has 0 saturated carbocycles. The molecular weight excluding hydrogens is 474 g/mol. The molecule has 2 aromatic heterocycles. The topological polar surface area (TPSA) is 77.2 Å². The smallest absolute Gasteiger partial charge is 0.416 e. The van der Waals surface area contributed by atoms with Gasteiger partial charge in [-0.3, -0.25) is 4.68 Å². The number of aryl methyl sites for hydroxylation is 1. The maximum Gasteiger partial charge on any atom is 0.416 e. The lowest BCUT2D eigenvalue weighted by atomic mass is 10.1. The molecule has 0 aliphatic rings. The second-order valence-corrected chi connectivity index (χ2v) is 8.62. The average Bonchev–Trinajstić information content (AvgIpc) is 3.39. The molecule has 4 aromatic rings. The highest BCUT2D eigenvalue weighted by atomic mass is 32.1. The summed E-state index contributed by atoms with van der Waals surface area (Å²) in [6, 6.07) is 8.95. The SMILES string of the molecule is Cc1sc(-c2cc(OCc3cccc(F)c3)cc(C(F)(F)F)c2)nc1Cn1cc(C(=O)O)cn1. The van der Waals surface area contributed by atoms with E-state index in [1.54, 1.807) is 13.0 Å². The van der Waals surface area contributed by atoms with E-state index in [2.05, 4.69) is 10.1 Å². The molecule has 0 fully saturated rings. The number of nitrogens with zero attached hydrogens (tertiary/aromatic N) is 3. The van der Waals surface area contributed by atoms with Gasteiger partial charge in [-0.1, -0.05) is 12.1 Å². The van der Waals surface area contributed by atoms with Gasteiger partial charge in [0.2, 0.25) is 0 Å². The van der Waals surface area contributed by atoms with Gasteiger partial charge in [-0.25, -0.2) is 14.2 Å². The van der Waals surface area contributed by atoms with Crippen molar-refractivity contribution in [3.8, 4) is 16.3 Å². The average molecular weight is 491 g/mol. The summed E-state index contributed by atoms with van der Waals surface area (Å²) in [6.07, 6.45) is -2.05. The number of benzene rings is 2. The Bertz CT molecular complexity index is 1350. The van der Waals surface area contributed by atoms with Gasteiger partial charge in [-0.2, -0.15) is 18.3 Å². The van der Waals surface area contributed by atoms with E-state index in [-0.39, 0.29) is 30.0 Å². The molecule has 0 aliphatic heterocycles. The number of aromatic nitrogens is 3.